The van der Waals surface area contributed by atoms with Gasteiger partial charge in [-0.15, -0.1) is 10.2 Å². The Balaban J connectivity index is 2.30. The summed E-state index contributed by atoms with van der Waals surface area (Å²) in [6.45, 7) is 5.58. The third kappa shape index (κ3) is 2.20. The molecule has 2 rings (SSSR count). The molecule has 17 heavy (non-hydrogen) atoms. The first-order valence-electron chi connectivity index (χ1n) is 5.20. The number of ether oxygens (including phenoxy) is 1. The van der Waals surface area contributed by atoms with Gasteiger partial charge in [0.1, 0.15) is 11.5 Å². The van der Waals surface area contributed by atoms with Crippen LogP contribution in [0.4, 0.5) is 0 Å². The number of esters is 1. The van der Waals surface area contributed by atoms with E-state index in [1.165, 1.54) is 0 Å². The van der Waals surface area contributed by atoms with Crippen molar-refractivity contribution in [2.24, 2.45) is 0 Å². The van der Waals surface area contributed by atoms with Crippen LogP contribution in [0.1, 0.15) is 29.1 Å². The smallest absolute Gasteiger partial charge is 0.396 e. The fourth-order valence-electron chi connectivity index (χ4n) is 1.45. The number of carbonyl (C=O) groups excluding carboxylic acids is 1. The van der Waals surface area contributed by atoms with Crippen LogP contribution in [0.3, 0.4) is 0 Å². The first-order valence-corrected chi connectivity index (χ1v) is 5.20. The van der Waals surface area contributed by atoms with E-state index in [4.69, 9.17) is 13.6 Å². The van der Waals surface area contributed by atoms with E-state index in [0.29, 0.717) is 11.3 Å². The van der Waals surface area contributed by atoms with Crippen LogP contribution in [0.15, 0.2) is 14.9 Å². The van der Waals surface area contributed by atoms with Gasteiger partial charge in [0.2, 0.25) is 0 Å². The van der Waals surface area contributed by atoms with Crippen molar-refractivity contribution in [2.45, 2.75) is 20.8 Å². The van der Waals surface area contributed by atoms with Gasteiger partial charge in [0.05, 0.1) is 12.2 Å². The number of nitrogens with zero attached hydrogens (tertiary/aromatic N) is 2. The second-order valence-electron chi connectivity index (χ2n) is 3.46. The summed E-state index contributed by atoms with van der Waals surface area (Å²) < 4.78 is 15.3. The molecule has 0 radical (unpaired) electrons. The van der Waals surface area contributed by atoms with Crippen molar-refractivity contribution in [2.75, 3.05) is 6.61 Å². The predicted octanol–water partition coefficient (Wildman–Crippen LogP) is 2.12. The molecule has 0 N–H and O–H groups in total. The topological polar surface area (TPSA) is 78.4 Å². The number of aryl methyl sites for hydroxylation is 2. The summed E-state index contributed by atoms with van der Waals surface area (Å²) in [6.07, 6.45) is 0. The zero-order valence-electron chi connectivity index (χ0n) is 9.81. The van der Waals surface area contributed by atoms with E-state index in [2.05, 4.69) is 10.2 Å². The summed E-state index contributed by atoms with van der Waals surface area (Å²) in [5.74, 6) is 0.890. The highest BCUT2D eigenvalue weighted by Crippen LogP contribution is 2.25. The minimum Gasteiger partial charge on any atom is -0.466 e. The van der Waals surface area contributed by atoms with Gasteiger partial charge in [-0.25, -0.2) is 4.79 Å². The molecular weight excluding hydrogens is 224 g/mol. The van der Waals surface area contributed by atoms with E-state index in [1.807, 2.05) is 6.92 Å². The van der Waals surface area contributed by atoms with Crippen LogP contribution in [0.25, 0.3) is 11.5 Å². The fraction of sp³-hybridized carbons (Fsp3) is 0.364. The van der Waals surface area contributed by atoms with Crippen molar-refractivity contribution in [1.82, 2.24) is 10.2 Å². The first-order chi connectivity index (χ1) is 8.11. The van der Waals surface area contributed by atoms with Crippen LogP contribution < -0.4 is 0 Å². The Bertz CT molecular complexity index is 541. The van der Waals surface area contributed by atoms with E-state index in [-0.39, 0.29) is 18.4 Å². The third-order valence-electron chi connectivity index (χ3n) is 2.15. The lowest BCUT2D eigenvalue weighted by molar-refractivity contribution is 0.0481. The Hall–Kier alpha value is -2.11. The van der Waals surface area contributed by atoms with Gasteiger partial charge < -0.3 is 13.6 Å². The van der Waals surface area contributed by atoms with Crippen LogP contribution in [0, 0.1) is 13.8 Å². The molecule has 2 heterocycles. The lowest BCUT2D eigenvalue weighted by atomic mass is 10.2. The van der Waals surface area contributed by atoms with E-state index < -0.39 is 5.97 Å². The second kappa shape index (κ2) is 4.40. The number of rotatable bonds is 3. The largest absolute Gasteiger partial charge is 0.466 e. The highest BCUT2D eigenvalue weighted by Gasteiger charge is 2.19. The van der Waals surface area contributed by atoms with Crippen molar-refractivity contribution >= 4 is 5.97 Å². The number of carbonyl (C=O) groups is 1. The summed E-state index contributed by atoms with van der Waals surface area (Å²) in [4.78, 5) is 11.3. The van der Waals surface area contributed by atoms with Gasteiger partial charge >= 0.3 is 11.9 Å². The van der Waals surface area contributed by atoms with Gasteiger partial charge in [-0.2, -0.15) is 0 Å². The zero-order valence-corrected chi connectivity index (χ0v) is 9.81. The molecule has 90 valence electrons. The van der Waals surface area contributed by atoms with Gasteiger partial charge in [-0.3, -0.25) is 0 Å². The average molecular weight is 236 g/mol. The average Bonchev–Trinajstić information content (AvgIpc) is 2.85. The standard InChI is InChI=1S/C11H12N2O4/c1-4-15-11(14)10-13-12-9(17-10)8-5-6(2)16-7(8)3/h5H,4H2,1-3H3. The molecule has 0 fully saturated rings. The Morgan fingerprint density at radius 2 is 2.12 bits per heavy atom. The first kappa shape index (κ1) is 11.4. The molecule has 0 atom stereocenters. The van der Waals surface area contributed by atoms with Gasteiger partial charge in [-0.05, 0) is 26.8 Å². The molecular formula is C11H12N2O4. The maximum atomic E-state index is 11.3. The Morgan fingerprint density at radius 3 is 2.71 bits per heavy atom. The molecule has 6 nitrogen and oxygen atoms in total. The Labute approximate surface area is 97.6 Å². The SMILES string of the molecule is CCOC(=O)c1nnc(-c2cc(C)oc2C)o1. The van der Waals surface area contributed by atoms with E-state index in [9.17, 15) is 4.79 Å². The van der Waals surface area contributed by atoms with Crippen molar-refractivity contribution < 1.29 is 18.4 Å². The highest BCUT2D eigenvalue weighted by molar-refractivity contribution is 5.84. The van der Waals surface area contributed by atoms with E-state index >= 15 is 0 Å². The molecule has 2 aromatic rings. The molecule has 2 aromatic heterocycles. The fourth-order valence-corrected chi connectivity index (χ4v) is 1.45. The minimum absolute atomic E-state index is 0.153. The number of hydrogen-bond donors (Lipinski definition) is 0. The van der Waals surface area contributed by atoms with Crippen molar-refractivity contribution in [1.29, 1.82) is 0 Å². The number of hydrogen-bond acceptors (Lipinski definition) is 6. The number of furan rings is 1. The minimum atomic E-state index is -0.621. The number of aromatic nitrogens is 2. The maximum absolute atomic E-state index is 11.3. The molecule has 6 heteroatoms. The lowest BCUT2D eigenvalue weighted by Crippen LogP contribution is -2.04. The summed E-state index contributed by atoms with van der Waals surface area (Å²) in [5.41, 5.74) is 0.686. The molecule has 0 saturated carbocycles. The maximum Gasteiger partial charge on any atom is 0.396 e. The van der Waals surface area contributed by atoms with Crippen LogP contribution in [-0.2, 0) is 4.74 Å². The van der Waals surface area contributed by atoms with Crippen molar-refractivity contribution in [3.8, 4) is 11.5 Å². The molecule has 0 saturated heterocycles. The third-order valence-corrected chi connectivity index (χ3v) is 2.15. The summed E-state index contributed by atoms with van der Waals surface area (Å²) >= 11 is 0. The molecule has 0 aliphatic carbocycles. The van der Waals surface area contributed by atoms with Gasteiger partial charge in [-0.1, -0.05) is 0 Å². The van der Waals surface area contributed by atoms with E-state index in [1.54, 1.807) is 19.9 Å². The lowest BCUT2D eigenvalue weighted by Gasteiger charge is -1.94. The predicted molar refractivity (Wildman–Crippen MR) is 57.4 cm³/mol. The second-order valence-corrected chi connectivity index (χ2v) is 3.46. The van der Waals surface area contributed by atoms with Gasteiger partial charge in [0.15, 0.2) is 0 Å². The molecule has 0 aliphatic rings. The van der Waals surface area contributed by atoms with Gasteiger partial charge in [0.25, 0.3) is 5.89 Å². The zero-order chi connectivity index (χ0) is 12.4. The quantitative estimate of drug-likeness (QED) is 0.759. The Kier molecular flexibility index (Phi) is 2.95. The molecule has 0 amide bonds. The highest BCUT2D eigenvalue weighted by atomic mass is 16.5. The molecule has 0 spiro atoms. The van der Waals surface area contributed by atoms with Crippen molar-refractivity contribution in [3.05, 3.63) is 23.5 Å². The monoisotopic (exact) mass is 236 g/mol. The van der Waals surface area contributed by atoms with Crippen molar-refractivity contribution in [3.63, 3.8) is 0 Å². The normalized spacial score (nSPS) is 10.5. The van der Waals surface area contributed by atoms with Gasteiger partial charge in [0, 0.05) is 0 Å². The van der Waals surface area contributed by atoms with E-state index in [0.717, 1.165) is 5.76 Å². The summed E-state index contributed by atoms with van der Waals surface area (Å²) in [6, 6.07) is 1.78. The molecule has 0 aromatic carbocycles. The van der Waals surface area contributed by atoms with Crippen LogP contribution in [-0.4, -0.2) is 22.8 Å². The van der Waals surface area contributed by atoms with Crippen LogP contribution in [0.5, 0.6) is 0 Å². The summed E-state index contributed by atoms with van der Waals surface area (Å²) in [7, 11) is 0. The molecule has 0 bridgehead atoms. The van der Waals surface area contributed by atoms with Crippen LogP contribution >= 0.6 is 0 Å². The van der Waals surface area contributed by atoms with Crippen LogP contribution in [0.2, 0.25) is 0 Å². The molecule has 0 unspecified atom stereocenters. The summed E-state index contributed by atoms with van der Waals surface area (Å²) in [5, 5.41) is 7.42. The molecule has 0 aliphatic heterocycles. The Morgan fingerprint density at radius 1 is 1.35 bits per heavy atom.